The highest BCUT2D eigenvalue weighted by molar-refractivity contribution is 5.32. The van der Waals surface area contributed by atoms with Crippen LogP contribution in [0.15, 0.2) is 12.2 Å². The average Bonchev–Trinajstić information content (AvgIpc) is 3.04. The van der Waals surface area contributed by atoms with E-state index in [0.717, 1.165) is 18.9 Å². The predicted octanol–water partition coefficient (Wildman–Crippen LogP) is 3.35. The van der Waals surface area contributed by atoms with Crippen molar-refractivity contribution in [1.29, 1.82) is 0 Å². The van der Waals surface area contributed by atoms with E-state index in [1.165, 1.54) is 19.3 Å². The Bertz CT molecular complexity index is 544. The van der Waals surface area contributed by atoms with Crippen LogP contribution in [0.2, 0.25) is 0 Å². The molecule has 0 amide bonds. The summed E-state index contributed by atoms with van der Waals surface area (Å²) in [6.07, 6.45) is 10.5. The molecule has 4 fully saturated rings. The molecule has 0 unspecified atom stereocenters. The number of hydrogen-bond donors (Lipinski definition) is 0. The fourth-order valence-electron chi connectivity index (χ4n) is 6.30. The van der Waals surface area contributed by atoms with Crippen LogP contribution in [0, 0.1) is 17.3 Å². The lowest BCUT2D eigenvalue weighted by Crippen LogP contribution is -2.65. The summed E-state index contributed by atoms with van der Waals surface area (Å²) in [5, 5.41) is 0. The van der Waals surface area contributed by atoms with Gasteiger partial charge >= 0.3 is 0 Å². The van der Waals surface area contributed by atoms with Gasteiger partial charge in [0.15, 0.2) is 0 Å². The lowest BCUT2D eigenvalue weighted by Gasteiger charge is -2.56. The number of hydrogen-bond acceptors (Lipinski definition) is 3. The molecule has 122 valence electrons. The van der Waals surface area contributed by atoms with Crippen molar-refractivity contribution in [3.63, 3.8) is 0 Å². The van der Waals surface area contributed by atoms with Crippen LogP contribution < -0.4 is 0 Å². The third-order valence-corrected chi connectivity index (χ3v) is 7.67. The van der Waals surface area contributed by atoms with Crippen LogP contribution in [0.4, 0.5) is 0 Å². The van der Waals surface area contributed by atoms with Crippen molar-refractivity contribution in [2.75, 3.05) is 6.54 Å². The molecule has 4 heterocycles. The second-order valence-electron chi connectivity index (χ2n) is 9.41. The van der Waals surface area contributed by atoms with Crippen LogP contribution in [0.25, 0.3) is 0 Å². The highest BCUT2D eigenvalue weighted by atomic mass is 16.6. The number of nitrogens with zero attached hydrogens (tertiary/aromatic N) is 1. The molecular weight excluding hydrogens is 274 g/mol. The van der Waals surface area contributed by atoms with Gasteiger partial charge in [-0.1, -0.05) is 26.3 Å². The van der Waals surface area contributed by atoms with Gasteiger partial charge in [0.2, 0.25) is 0 Å². The van der Waals surface area contributed by atoms with Crippen LogP contribution in [0.3, 0.4) is 0 Å². The molecule has 0 N–H and O–H groups in total. The van der Waals surface area contributed by atoms with Crippen molar-refractivity contribution >= 4 is 0 Å². The summed E-state index contributed by atoms with van der Waals surface area (Å²) in [5.74, 6) is 1.46. The van der Waals surface area contributed by atoms with Gasteiger partial charge in [0, 0.05) is 23.4 Å². The van der Waals surface area contributed by atoms with E-state index in [4.69, 9.17) is 9.47 Å². The topological polar surface area (TPSA) is 21.7 Å². The Balaban J connectivity index is 1.57. The average molecular weight is 303 g/mol. The van der Waals surface area contributed by atoms with Crippen molar-refractivity contribution in [3.8, 4) is 0 Å². The Hall–Kier alpha value is -0.380. The maximum absolute atomic E-state index is 6.77. The van der Waals surface area contributed by atoms with Crippen molar-refractivity contribution in [2.45, 2.75) is 83.0 Å². The zero-order chi connectivity index (χ0) is 15.3. The fraction of sp³-hybridized carbons (Fsp3) is 0.895. The highest BCUT2D eigenvalue weighted by Gasteiger charge is 2.72. The minimum absolute atomic E-state index is 0.114. The molecular formula is C19H29NO2. The molecule has 0 aromatic heterocycles. The summed E-state index contributed by atoms with van der Waals surface area (Å²) in [6, 6.07) is 0. The molecule has 1 saturated carbocycles. The van der Waals surface area contributed by atoms with Crippen LogP contribution in [0.5, 0.6) is 0 Å². The van der Waals surface area contributed by atoms with Gasteiger partial charge in [0.05, 0.1) is 12.2 Å². The molecule has 5 aliphatic rings. The fourth-order valence-corrected chi connectivity index (χ4v) is 6.30. The van der Waals surface area contributed by atoms with Crippen LogP contribution in [0.1, 0.15) is 53.4 Å². The Morgan fingerprint density at radius 1 is 1.18 bits per heavy atom. The van der Waals surface area contributed by atoms with Gasteiger partial charge in [-0.2, -0.15) is 0 Å². The smallest absolute Gasteiger partial charge is 0.145 e. The van der Waals surface area contributed by atoms with E-state index in [1.807, 2.05) is 0 Å². The molecule has 3 heteroatoms. The Morgan fingerprint density at radius 2 is 2.00 bits per heavy atom. The van der Waals surface area contributed by atoms with Crippen LogP contribution in [-0.4, -0.2) is 41.0 Å². The van der Waals surface area contributed by atoms with Crippen molar-refractivity contribution in [1.82, 2.24) is 4.90 Å². The summed E-state index contributed by atoms with van der Waals surface area (Å²) in [5.41, 5.74) is 0.235. The molecule has 0 aromatic carbocycles. The molecule has 5 rings (SSSR count). The minimum Gasteiger partial charge on any atom is -0.359 e. The van der Waals surface area contributed by atoms with E-state index >= 15 is 0 Å². The van der Waals surface area contributed by atoms with Crippen LogP contribution >= 0.6 is 0 Å². The molecule has 22 heavy (non-hydrogen) atoms. The molecule has 0 aromatic rings. The second kappa shape index (κ2) is 3.99. The first-order valence-electron chi connectivity index (χ1n) is 9.15. The second-order valence-corrected chi connectivity index (χ2v) is 9.41. The zero-order valence-corrected chi connectivity index (χ0v) is 14.3. The van der Waals surface area contributed by atoms with Gasteiger partial charge in [-0.25, -0.2) is 0 Å². The predicted molar refractivity (Wildman–Crippen MR) is 85.4 cm³/mol. The van der Waals surface area contributed by atoms with E-state index in [1.54, 1.807) is 0 Å². The van der Waals surface area contributed by atoms with Crippen LogP contribution in [-0.2, 0) is 9.47 Å². The largest absolute Gasteiger partial charge is 0.359 e. The quantitative estimate of drug-likeness (QED) is 0.641. The lowest BCUT2D eigenvalue weighted by atomic mass is 9.69. The van der Waals surface area contributed by atoms with E-state index in [-0.39, 0.29) is 22.8 Å². The Labute approximate surface area is 134 Å². The van der Waals surface area contributed by atoms with E-state index in [9.17, 15) is 0 Å². The standard InChI is InChI=1S/C19H29NO2/c1-12-5-6-14-15(9-12)21-16-19-8-7-13(22-19)10-18(19,4)11-20(16)17(14,2)3/h7-8,12-16H,5-6,9-11H2,1-4H3/t12-,13-,14-,15-,16+,18+,19-/m1/s1. The first-order chi connectivity index (χ1) is 10.4. The third-order valence-electron chi connectivity index (χ3n) is 7.67. The molecule has 3 nitrogen and oxygen atoms in total. The summed E-state index contributed by atoms with van der Waals surface area (Å²) in [7, 11) is 0. The Kier molecular flexibility index (Phi) is 2.54. The van der Waals surface area contributed by atoms with Gasteiger partial charge in [-0.15, -0.1) is 0 Å². The molecule has 1 aliphatic carbocycles. The maximum Gasteiger partial charge on any atom is 0.145 e. The molecule has 0 radical (unpaired) electrons. The van der Waals surface area contributed by atoms with Crippen molar-refractivity contribution in [3.05, 3.63) is 12.2 Å². The molecule has 1 spiro atoms. The van der Waals surface area contributed by atoms with E-state index in [0.29, 0.717) is 18.1 Å². The van der Waals surface area contributed by atoms with Gasteiger partial charge < -0.3 is 9.47 Å². The molecule has 3 saturated heterocycles. The van der Waals surface area contributed by atoms with Gasteiger partial charge in [0.1, 0.15) is 11.8 Å². The normalized spacial score (nSPS) is 58.5. The monoisotopic (exact) mass is 303 g/mol. The maximum atomic E-state index is 6.77. The summed E-state index contributed by atoms with van der Waals surface area (Å²) in [6.45, 7) is 10.8. The summed E-state index contributed by atoms with van der Waals surface area (Å²) < 4.78 is 13.2. The van der Waals surface area contributed by atoms with E-state index < -0.39 is 0 Å². The summed E-state index contributed by atoms with van der Waals surface area (Å²) in [4.78, 5) is 2.65. The molecule has 4 aliphatic heterocycles. The summed E-state index contributed by atoms with van der Waals surface area (Å²) >= 11 is 0. The van der Waals surface area contributed by atoms with Crippen molar-refractivity contribution in [2.24, 2.45) is 17.3 Å². The van der Waals surface area contributed by atoms with Gasteiger partial charge in [-0.3, -0.25) is 4.90 Å². The van der Waals surface area contributed by atoms with Crippen molar-refractivity contribution < 1.29 is 9.47 Å². The van der Waals surface area contributed by atoms with Gasteiger partial charge in [-0.05, 0) is 45.1 Å². The number of ether oxygens (including phenoxy) is 2. The Morgan fingerprint density at radius 3 is 2.77 bits per heavy atom. The number of rotatable bonds is 0. The SMILES string of the molecule is C[C@@H]1CC[C@@H]2[C@@H](C1)O[C@@H]1N(C[C@]3(C)C[C@H]4C=C[C@@]13O4)C2(C)C. The highest BCUT2D eigenvalue weighted by Crippen LogP contribution is 2.63. The van der Waals surface area contributed by atoms with Gasteiger partial charge in [0.25, 0.3) is 0 Å². The molecule has 7 atom stereocenters. The first-order valence-corrected chi connectivity index (χ1v) is 9.15. The first kappa shape index (κ1) is 14.0. The lowest BCUT2D eigenvalue weighted by molar-refractivity contribution is -0.255. The molecule has 2 bridgehead atoms. The minimum atomic E-state index is -0.194. The van der Waals surface area contributed by atoms with E-state index in [2.05, 4.69) is 44.7 Å². The third kappa shape index (κ3) is 1.44. The number of fused-ring (bicyclic) bond motifs is 3. The zero-order valence-electron chi connectivity index (χ0n) is 14.3.